The van der Waals surface area contributed by atoms with Gasteiger partial charge in [0.15, 0.2) is 0 Å². The van der Waals surface area contributed by atoms with Crippen LogP contribution in [-0.2, 0) is 23.9 Å². The summed E-state index contributed by atoms with van der Waals surface area (Å²) in [5, 5.41) is 0.592. The van der Waals surface area contributed by atoms with Crippen LogP contribution in [-0.4, -0.2) is 51.0 Å². The maximum atomic E-state index is 12.1. The summed E-state index contributed by atoms with van der Waals surface area (Å²) in [5.74, 6) is -1.19. The molecule has 6 nitrogen and oxygen atoms in total. The van der Waals surface area contributed by atoms with E-state index in [1.165, 1.54) is 6.92 Å². The highest BCUT2D eigenvalue weighted by Crippen LogP contribution is 2.53. The fourth-order valence-electron chi connectivity index (χ4n) is 2.46. The van der Waals surface area contributed by atoms with Crippen molar-refractivity contribution in [2.75, 3.05) is 12.1 Å². The van der Waals surface area contributed by atoms with Gasteiger partial charge in [0, 0.05) is 17.0 Å². The largest absolute Gasteiger partial charge is 0.428 e. The van der Waals surface area contributed by atoms with Gasteiger partial charge in [-0.25, -0.2) is 4.79 Å². The first kappa shape index (κ1) is 15.6. The molecule has 0 unspecified atom stereocenters. The second kappa shape index (κ2) is 5.55. The number of fused-ring (bicyclic) bond motifs is 1. The van der Waals surface area contributed by atoms with Crippen molar-refractivity contribution in [1.29, 1.82) is 0 Å². The van der Waals surface area contributed by atoms with E-state index in [4.69, 9.17) is 4.74 Å². The molecule has 0 aliphatic carbocycles. The Labute approximate surface area is 129 Å². The van der Waals surface area contributed by atoms with E-state index in [1.807, 2.05) is 13.8 Å². The molecule has 112 valence electrons. The number of β-lactam (4-membered cyclic amide) rings is 1. The number of thioether (sulfide) groups is 1. The molecule has 2 saturated heterocycles. The summed E-state index contributed by atoms with van der Waals surface area (Å²) >= 11 is 4.92. The number of ether oxygens (including phenoxy) is 2. The summed E-state index contributed by atoms with van der Waals surface area (Å²) in [6.45, 7) is 4.64. The highest BCUT2D eigenvalue weighted by molar-refractivity contribution is 9.09. The average Bonchev–Trinajstić information content (AvgIpc) is 2.58. The van der Waals surface area contributed by atoms with E-state index < -0.39 is 29.5 Å². The Morgan fingerprint density at radius 3 is 2.60 bits per heavy atom. The van der Waals surface area contributed by atoms with Gasteiger partial charge in [-0.2, -0.15) is 0 Å². The van der Waals surface area contributed by atoms with Gasteiger partial charge in [-0.1, -0.05) is 15.9 Å². The molecule has 0 saturated carbocycles. The first-order valence-corrected chi connectivity index (χ1v) is 8.15. The third-order valence-electron chi connectivity index (χ3n) is 3.40. The maximum absolute atomic E-state index is 12.1. The van der Waals surface area contributed by atoms with Gasteiger partial charge in [0.1, 0.15) is 6.04 Å². The molecule has 0 N–H and O–H groups in total. The molecular formula is C12H16BrNO5S. The Morgan fingerprint density at radius 2 is 2.05 bits per heavy atom. The van der Waals surface area contributed by atoms with E-state index in [0.717, 1.165) is 0 Å². The molecule has 2 aliphatic heterocycles. The van der Waals surface area contributed by atoms with Gasteiger partial charge < -0.3 is 14.4 Å². The molecule has 2 heterocycles. The predicted molar refractivity (Wildman–Crippen MR) is 76.1 cm³/mol. The van der Waals surface area contributed by atoms with Crippen LogP contribution >= 0.6 is 27.7 Å². The lowest BCUT2D eigenvalue weighted by molar-refractivity contribution is -0.176. The molecule has 2 fully saturated rings. The Kier molecular flexibility index (Phi) is 4.34. The van der Waals surface area contributed by atoms with Crippen LogP contribution in [0.1, 0.15) is 20.8 Å². The van der Waals surface area contributed by atoms with Gasteiger partial charge in [-0.05, 0) is 13.8 Å². The number of amides is 1. The van der Waals surface area contributed by atoms with Gasteiger partial charge >= 0.3 is 11.9 Å². The summed E-state index contributed by atoms with van der Waals surface area (Å²) < 4.78 is 9.11. The standard InChI is InChI=1S/C12H16BrNO5S/c1-6(15)18-5-19-11(17)8-12(2,3)20-10-7(4-13)9(16)14(8)10/h7-8,10H,4-5H2,1-3H3/t7-,8+,10-/m1/s1. The van der Waals surface area contributed by atoms with Crippen molar-refractivity contribution < 1.29 is 23.9 Å². The number of carbonyl (C=O) groups excluding carboxylic acids is 3. The number of rotatable bonds is 4. The van der Waals surface area contributed by atoms with E-state index in [0.29, 0.717) is 5.33 Å². The highest BCUT2D eigenvalue weighted by atomic mass is 79.9. The molecule has 8 heteroatoms. The van der Waals surface area contributed by atoms with Crippen molar-refractivity contribution in [2.45, 2.75) is 36.9 Å². The molecule has 20 heavy (non-hydrogen) atoms. The summed E-state index contributed by atoms with van der Waals surface area (Å²) in [5.41, 5.74) is 0. The summed E-state index contributed by atoms with van der Waals surface area (Å²) in [7, 11) is 0. The van der Waals surface area contributed by atoms with Crippen LogP contribution in [0.25, 0.3) is 0 Å². The Bertz CT molecular complexity index is 455. The van der Waals surface area contributed by atoms with Crippen molar-refractivity contribution in [3.05, 3.63) is 0 Å². The van der Waals surface area contributed by atoms with E-state index in [1.54, 1.807) is 16.7 Å². The zero-order valence-corrected chi connectivity index (χ0v) is 13.8. The normalized spacial score (nSPS) is 30.5. The zero-order valence-electron chi connectivity index (χ0n) is 11.4. The number of hydrogen-bond acceptors (Lipinski definition) is 6. The number of alkyl halides is 1. The van der Waals surface area contributed by atoms with Gasteiger partial charge in [0.2, 0.25) is 12.7 Å². The van der Waals surface area contributed by atoms with Crippen LogP contribution in [0.2, 0.25) is 0 Å². The van der Waals surface area contributed by atoms with Gasteiger partial charge in [-0.15, -0.1) is 11.8 Å². The van der Waals surface area contributed by atoms with Gasteiger partial charge in [0.25, 0.3) is 0 Å². The van der Waals surface area contributed by atoms with Crippen LogP contribution in [0, 0.1) is 5.92 Å². The molecule has 0 bridgehead atoms. The molecule has 0 spiro atoms. The number of nitrogens with zero attached hydrogens (tertiary/aromatic N) is 1. The SMILES string of the molecule is CC(=O)OCOC(=O)[C@@H]1N2C(=O)[C@@H](CBr)[C@H]2SC1(C)C. The minimum absolute atomic E-state index is 0.00292. The van der Waals surface area contributed by atoms with Crippen LogP contribution in [0.3, 0.4) is 0 Å². The fourth-order valence-corrected chi connectivity index (χ4v) is 5.02. The van der Waals surface area contributed by atoms with E-state index in [9.17, 15) is 14.4 Å². The minimum Gasteiger partial charge on any atom is -0.428 e. The molecular weight excluding hydrogens is 350 g/mol. The summed E-state index contributed by atoms with van der Waals surface area (Å²) in [6.07, 6.45) is 0. The fraction of sp³-hybridized carbons (Fsp3) is 0.750. The molecule has 2 aliphatic rings. The Morgan fingerprint density at radius 1 is 1.40 bits per heavy atom. The Balaban J connectivity index is 2.04. The van der Waals surface area contributed by atoms with Crippen molar-refractivity contribution in [3.63, 3.8) is 0 Å². The monoisotopic (exact) mass is 365 g/mol. The average molecular weight is 366 g/mol. The van der Waals surface area contributed by atoms with Crippen molar-refractivity contribution in [3.8, 4) is 0 Å². The topological polar surface area (TPSA) is 72.9 Å². The van der Waals surface area contributed by atoms with Crippen LogP contribution < -0.4 is 0 Å². The first-order valence-electron chi connectivity index (χ1n) is 6.15. The lowest BCUT2D eigenvalue weighted by Gasteiger charge is -2.43. The van der Waals surface area contributed by atoms with Crippen molar-refractivity contribution >= 4 is 45.5 Å². The second-order valence-corrected chi connectivity index (χ2v) is 7.66. The number of carbonyl (C=O) groups is 3. The molecule has 2 rings (SSSR count). The zero-order chi connectivity index (χ0) is 15.1. The molecule has 1 amide bonds. The van der Waals surface area contributed by atoms with Crippen molar-refractivity contribution in [1.82, 2.24) is 4.90 Å². The lowest BCUT2D eigenvalue weighted by atomic mass is 9.93. The summed E-state index contributed by atoms with van der Waals surface area (Å²) in [4.78, 5) is 36.4. The second-order valence-electron chi connectivity index (χ2n) is 5.24. The summed E-state index contributed by atoms with van der Waals surface area (Å²) in [6, 6.07) is -0.643. The van der Waals surface area contributed by atoms with Crippen LogP contribution in [0.15, 0.2) is 0 Å². The van der Waals surface area contributed by atoms with E-state index in [-0.39, 0.29) is 17.2 Å². The predicted octanol–water partition coefficient (Wildman–Crippen LogP) is 1.12. The van der Waals surface area contributed by atoms with Gasteiger partial charge in [0.05, 0.1) is 11.3 Å². The van der Waals surface area contributed by atoms with E-state index in [2.05, 4.69) is 20.7 Å². The van der Waals surface area contributed by atoms with Crippen LogP contribution in [0.5, 0.6) is 0 Å². The number of hydrogen-bond donors (Lipinski definition) is 0. The smallest absolute Gasteiger partial charge is 0.333 e. The van der Waals surface area contributed by atoms with E-state index >= 15 is 0 Å². The number of halogens is 1. The van der Waals surface area contributed by atoms with Crippen LogP contribution in [0.4, 0.5) is 0 Å². The van der Waals surface area contributed by atoms with Gasteiger partial charge in [-0.3, -0.25) is 9.59 Å². The third kappa shape index (κ3) is 2.55. The quantitative estimate of drug-likeness (QED) is 0.321. The van der Waals surface area contributed by atoms with Crippen molar-refractivity contribution in [2.24, 2.45) is 5.92 Å². The Hall–Kier alpha value is -0.760. The first-order chi connectivity index (χ1) is 9.29. The molecule has 0 aromatic rings. The molecule has 0 radical (unpaired) electrons. The molecule has 3 atom stereocenters. The number of esters is 2. The third-order valence-corrected chi connectivity index (χ3v) is 5.73. The minimum atomic E-state index is -0.643. The molecule has 0 aromatic carbocycles. The highest BCUT2D eigenvalue weighted by Gasteiger charge is 2.63. The lowest BCUT2D eigenvalue weighted by Crippen LogP contribution is -2.63. The maximum Gasteiger partial charge on any atom is 0.333 e. The molecule has 0 aromatic heterocycles.